The number of nitrogens with one attached hydrogen (secondary N) is 2. The fourth-order valence-corrected chi connectivity index (χ4v) is 3.94. The smallest absolute Gasteiger partial charge is 0.408 e. The van der Waals surface area contributed by atoms with Gasteiger partial charge >= 0.3 is 6.09 Å². The van der Waals surface area contributed by atoms with E-state index in [1.165, 1.54) is 0 Å². The van der Waals surface area contributed by atoms with Crippen molar-refractivity contribution < 1.29 is 19.1 Å². The molecule has 198 valence electrons. The standard InChI is InChI=1S/C28H47N3O4/c1-8-10-12-14-18-31(24(32)20-30-27(34)35-28(5,6)7)25(26(33)29-17-13-11-9-2)23-16-15-21(3)19-22(23)4/h15-16,19,25H,8-14,17-18,20H2,1-7H3,(H,29,33)(H,30,34). The molecule has 35 heavy (non-hydrogen) atoms. The normalized spacial score (nSPS) is 12.1. The number of nitrogens with zero attached hydrogens (tertiary/aromatic N) is 1. The average molecular weight is 490 g/mol. The summed E-state index contributed by atoms with van der Waals surface area (Å²) in [5, 5.41) is 5.61. The number of benzene rings is 1. The Labute approximate surface area is 212 Å². The minimum Gasteiger partial charge on any atom is -0.444 e. The Hall–Kier alpha value is -2.57. The molecule has 1 aromatic rings. The first kappa shape index (κ1) is 30.5. The summed E-state index contributed by atoms with van der Waals surface area (Å²) in [6, 6.07) is 5.19. The number of carbonyl (C=O) groups is 3. The zero-order valence-corrected chi connectivity index (χ0v) is 23.0. The third kappa shape index (κ3) is 11.6. The van der Waals surface area contributed by atoms with Crippen LogP contribution in [0.15, 0.2) is 18.2 Å². The third-order valence-corrected chi connectivity index (χ3v) is 5.72. The lowest BCUT2D eigenvalue weighted by molar-refractivity contribution is -0.140. The molecule has 0 aliphatic heterocycles. The van der Waals surface area contributed by atoms with E-state index in [-0.39, 0.29) is 18.4 Å². The quantitative estimate of drug-likeness (QED) is 0.334. The van der Waals surface area contributed by atoms with Crippen LogP contribution in [0.3, 0.4) is 0 Å². The highest BCUT2D eigenvalue weighted by molar-refractivity contribution is 5.90. The first-order valence-electron chi connectivity index (χ1n) is 13.1. The minimum atomic E-state index is -0.758. The van der Waals surface area contributed by atoms with Gasteiger partial charge in [-0.05, 0) is 58.6 Å². The fourth-order valence-electron chi connectivity index (χ4n) is 3.94. The summed E-state index contributed by atoms with van der Waals surface area (Å²) >= 11 is 0. The molecule has 0 fully saturated rings. The Bertz CT molecular complexity index is 817. The van der Waals surface area contributed by atoms with Crippen molar-refractivity contribution in [2.75, 3.05) is 19.6 Å². The highest BCUT2D eigenvalue weighted by Gasteiger charge is 2.32. The van der Waals surface area contributed by atoms with Gasteiger partial charge in [0.25, 0.3) is 0 Å². The molecule has 0 aliphatic carbocycles. The van der Waals surface area contributed by atoms with Gasteiger partial charge < -0.3 is 20.3 Å². The second-order valence-electron chi connectivity index (χ2n) is 10.3. The molecule has 0 aromatic heterocycles. The lowest BCUT2D eigenvalue weighted by atomic mass is 9.96. The summed E-state index contributed by atoms with van der Waals surface area (Å²) in [7, 11) is 0. The zero-order chi connectivity index (χ0) is 26.4. The Morgan fingerprint density at radius 1 is 0.943 bits per heavy atom. The molecular weight excluding hydrogens is 442 g/mol. The lowest BCUT2D eigenvalue weighted by Crippen LogP contribution is -2.48. The predicted molar refractivity (Wildman–Crippen MR) is 141 cm³/mol. The van der Waals surface area contributed by atoms with E-state index >= 15 is 0 Å². The van der Waals surface area contributed by atoms with Crippen molar-refractivity contribution in [3.63, 3.8) is 0 Å². The van der Waals surface area contributed by atoms with Crippen LogP contribution in [0.2, 0.25) is 0 Å². The molecule has 0 aliphatic rings. The van der Waals surface area contributed by atoms with E-state index in [4.69, 9.17) is 4.74 Å². The van der Waals surface area contributed by atoms with Crippen molar-refractivity contribution in [2.24, 2.45) is 0 Å². The van der Waals surface area contributed by atoms with Crippen molar-refractivity contribution in [1.29, 1.82) is 0 Å². The van der Waals surface area contributed by atoms with Crippen molar-refractivity contribution in [1.82, 2.24) is 15.5 Å². The van der Waals surface area contributed by atoms with Gasteiger partial charge in [-0.2, -0.15) is 0 Å². The van der Waals surface area contributed by atoms with Crippen LogP contribution in [0.25, 0.3) is 0 Å². The van der Waals surface area contributed by atoms with Crippen LogP contribution in [0.5, 0.6) is 0 Å². The maximum absolute atomic E-state index is 13.5. The van der Waals surface area contributed by atoms with Gasteiger partial charge in [-0.3, -0.25) is 9.59 Å². The maximum Gasteiger partial charge on any atom is 0.408 e. The highest BCUT2D eigenvalue weighted by atomic mass is 16.6. The molecule has 2 N–H and O–H groups in total. The summed E-state index contributed by atoms with van der Waals surface area (Å²) in [5.74, 6) is -0.491. The van der Waals surface area contributed by atoms with Crippen LogP contribution in [0, 0.1) is 13.8 Å². The first-order chi connectivity index (χ1) is 16.5. The van der Waals surface area contributed by atoms with Crippen LogP contribution in [0.4, 0.5) is 4.79 Å². The molecular formula is C28H47N3O4. The largest absolute Gasteiger partial charge is 0.444 e. The molecule has 1 unspecified atom stereocenters. The van der Waals surface area contributed by atoms with Gasteiger partial charge in [0.1, 0.15) is 18.2 Å². The van der Waals surface area contributed by atoms with Crippen molar-refractivity contribution in [2.45, 2.75) is 105 Å². The van der Waals surface area contributed by atoms with E-state index in [0.717, 1.165) is 61.6 Å². The minimum absolute atomic E-state index is 0.186. The number of carbonyl (C=O) groups excluding carboxylic acids is 3. The third-order valence-electron chi connectivity index (χ3n) is 5.72. The number of ether oxygens (including phenoxy) is 1. The highest BCUT2D eigenvalue weighted by Crippen LogP contribution is 2.26. The second-order valence-corrected chi connectivity index (χ2v) is 10.3. The van der Waals surface area contributed by atoms with Gasteiger partial charge in [0.15, 0.2) is 0 Å². The van der Waals surface area contributed by atoms with Gasteiger partial charge in [-0.25, -0.2) is 4.79 Å². The maximum atomic E-state index is 13.5. The van der Waals surface area contributed by atoms with E-state index in [2.05, 4.69) is 24.5 Å². The topological polar surface area (TPSA) is 87.7 Å². The van der Waals surface area contributed by atoms with Gasteiger partial charge in [0.05, 0.1) is 0 Å². The SMILES string of the molecule is CCCCCCN(C(=O)CNC(=O)OC(C)(C)C)C(C(=O)NCCCCC)c1ccc(C)cc1C. The Morgan fingerprint density at radius 2 is 1.60 bits per heavy atom. The Balaban J connectivity index is 3.20. The van der Waals surface area contributed by atoms with E-state index in [1.54, 1.807) is 25.7 Å². The van der Waals surface area contributed by atoms with Gasteiger partial charge in [-0.15, -0.1) is 0 Å². The van der Waals surface area contributed by atoms with Crippen molar-refractivity contribution in [3.05, 3.63) is 34.9 Å². The van der Waals surface area contributed by atoms with Crippen LogP contribution in [-0.2, 0) is 14.3 Å². The van der Waals surface area contributed by atoms with E-state index < -0.39 is 17.7 Å². The molecule has 3 amide bonds. The van der Waals surface area contributed by atoms with Crippen molar-refractivity contribution in [3.8, 4) is 0 Å². The second kappa shape index (κ2) is 15.4. The molecule has 0 saturated carbocycles. The van der Waals surface area contributed by atoms with Gasteiger partial charge in [0.2, 0.25) is 11.8 Å². The van der Waals surface area contributed by atoms with E-state index in [1.807, 2.05) is 32.0 Å². The van der Waals surface area contributed by atoms with Crippen LogP contribution in [0.1, 0.15) is 102 Å². The molecule has 0 heterocycles. The molecule has 1 atom stereocenters. The molecule has 1 aromatic carbocycles. The number of alkyl carbamates (subject to hydrolysis) is 1. The van der Waals surface area contributed by atoms with Crippen LogP contribution < -0.4 is 10.6 Å². The summed E-state index contributed by atoms with van der Waals surface area (Å²) < 4.78 is 5.28. The summed E-state index contributed by atoms with van der Waals surface area (Å²) in [4.78, 5) is 40.7. The van der Waals surface area contributed by atoms with Crippen LogP contribution in [-0.4, -0.2) is 48.0 Å². The Kier molecular flexibility index (Phi) is 13.4. The monoisotopic (exact) mass is 489 g/mol. The molecule has 1 rings (SSSR count). The summed E-state index contributed by atoms with van der Waals surface area (Å²) in [6.07, 6.45) is 6.25. The summed E-state index contributed by atoms with van der Waals surface area (Å²) in [6.45, 7) is 14.3. The van der Waals surface area contributed by atoms with Crippen molar-refractivity contribution >= 4 is 17.9 Å². The molecule has 7 nitrogen and oxygen atoms in total. The number of rotatable bonds is 14. The molecule has 0 saturated heterocycles. The summed E-state index contributed by atoms with van der Waals surface area (Å²) in [5.41, 5.74) is 2.21. The molecule has 0 bridgehead atoms. The van der Waals surface area contributed by atoms with Gasteiger partial charge in [0, 0.05) is 13.1 Å². The number of unbranched alkanes of at least 4 members (excludes halogenated alkanes) is 5. The van der Waals surface area contributed by atoms with E-state index in [0.29, 0.717) is 13.1 Å². The number of hydrogen-bond acceptors (Lipinski definition) is 4. The molecule has 7 heteroatoms. The Morgan fingerprint density at radius 3 is 2.20 bits per heavy atom. The first-order valence-corrected chi connectivity index (χ1v) is 13.1. The number of amides is 3. The number of aryl methyl sites for hydroxylation is 2. The van der Waals surface area contributed by atoms with Gasteiger partial charge in [-0.1, -0.05) is 69.7 Å². The van der Waals surface area contributed by atoms with Crippen LogP contribution >= 0.6 is 0 Å². The fraction of sp³-hybridized carbons (Fsp3) is 0.679. The lowest BCUT2D eigenvalue weighted by Gasteiger charge is -2.33. The predicted octanol–water partition coefficient (Wildman–Crippen LogP) is 5.58. The zero-order valence-electron chi connectivity index (χ0n) is 23.0. The van der Waals surface area contributed by atoms with E-state index in [9.17, 15) is 14.4 Å². The molecule has 0 spiro atoms. The average Bonchev–Trinajstić information content (AvgIpc) is 2.77. The number of hydrogen-bond donors (Lipinski definition) is 2. The molecule has 0 radical (unpaired) electrons.